The first-order chi connectivity index (χ1) is 10.3. The maximum Gasteiger partial charge on any atom is 0.255 e. The van der Waals surface area contributed by atoms with E-state index >= 15 is 0 Å². The predicted octanol–water partition coefficient (Wildman–Crippen LogP) is 3.08. The minimum atomic E-state index is -2.48. The number of fused-ring (bicyclic) bond motifs is 6. The summed E-state index contributed by atoms with van der Waals surface area (Å²) in [5.41, 5.74) is -0.892. The number of alkyl halides is 2. The Balaban J connectivity index is 1.36. The average Bonchev–Trinajstić information content (AvgIpc) is 2.70. The van der Waals surface area contributed by atoms with E-state index < -0.39 is 17.1 Å². The second-order valence-corrected chi connectivity index (χ2v) is 8.83. The van der Waals surface area contributed by atoms with Gasteiger partial charge in [-0.15, -0.1) is 0 Å². The second kappa shape index (κ2) is 3.86. The number of halogens is 2. The molecular formula is C17H25F2NO2. The van der Waals surface area contributed by atoms with E-state index in [1.165, 1.54) is 0 Å². The fourth-order valence-electron chi connectivity index (χ4n) is 5.97. The molecule has 6 atom stereocenters. The molecule has 4 saturated carbocycles. The Morgan fingerprint density at radius 2 is 1.91 bits per heavy atom. The molecule has 2 bridgehead atoms. The summed E-state index contributed by atoms with van der Waals surface area (Å²) in [7, 11) is 0. The third-order valence-corrected chi connectivity index (χ3v) is 7.25. The normalized spacial score (nSPS) is 56.2. The third kappa shape index (κ3) is 1.60. The van der Waals surface area contributed by atoms with Crippen molar-refractivity contribution in [3.63, 3.8) is 0 Å². The van der Waals surface area contributed by atoms with Gasteiger partial charge in [-0.3, -0.25) is 0 Å². The van der Waals surface area contributed by atoms with Gasteiger partial charge in [0.25, 0.3) is 5.92 Å². The van der Waals surface area contributed by atoms with E-state index in [1.807, 2.05) is 13.8 Å². The highest BCUT2D eigenvalue weighted by atomic mass is 19.3. The average molecular weight is 313 g/mol. The summed E-state index contributed by atoms with van der Waals surface area (Å²) in [5.74, 6) is -2.26. The van der Waals surface area contributed by atoms with Gasteiger partial charge in [0.05, 0.1) is 6.10 Å². The minimum Gasteiger partial charge on any atom is -0.344 e. The largest absolute Gasteiger partial charge is 0.344 e. The number of rotatable bonds is 3. The molecule has 2 unspecified atom stereocenters. The van der Waals surface area contributed by atoms with E-state index in [9.17, 15) is 8.78 Å². The van der Waals surface area contributed by atoms with Gasteiger partial charge in [0.15, 0.2) is 5.79 Å². The summed E-state index contributed by atoms with van der Waals surface area (Å²) in [6, 6.07) is 0. The third-order valence-electron chi connectivity index (χ3n) is 7.25. The standard InChI is InChI=1S/C17H25F2NO2/c1-14(2)21-12-10-3-5-16(7-10,13(12)22-14)20-9-15-8-11(15)4-6-17(15,18)19/h10-13,20H,3-9H2,1-2H3/t10-,11?,12+,13+,15?,16-/m0/s1. The quantitative estimate of drug-likeness (QED) is 0.868. The van der Waals surface area contributed by atoms with Crippen molar-refractivity contribution in [2.24, 2.45) is 17.3 Å². The van der Waals surface area contributed by atoms with Crippen LogP contribution in [0.25, 0.3) is 0 Å². The molecule has 4 aliphatic carbocycles. The van der Waals surface area contributed by atoms with Crippen LogP contribution in [0, 0.1) is 17.3 Å². The predicted molar refractivity (Wildman–Crippen MR) is 76.6 cm³/mol. The molecule has 0 aromatic rings. The first-order valence-corrected chi connectivity index (χ1v) is 8.76. The topological polar surface area (TPSA) is 30.5 Å². The molecule has 5 fully saturated rings. The Morgan fingerprint density at radius 3 is 2.59 bits per heavy atom. The molecule has 0 spiro atoms. The molecule has 22 heavy (non-hydrogen) atoms. The van der Waals surface area contributed by atoms with Crippen LogP contribution in [0.5, 0.6) is 0 Å². The van der Waals surface area contributed by atoms with Gasteiger partial charge in [0.2, 0.25) is 0 Å². The van der Waals surface area contributed by atoms with Crippen molar-refractivity contribution in [3.8, 4) is 0 Å². The lowest BCUT2D eigenvalue weighted by molar-refractivity contribution is -0.161. The van der Waals surface area contributed by atoms with Crippen molar-refractivity contribution in [1.82, 2.24) is 5.32 Å². The highest BCUT2D eigenvalue weighted by molar-refractivity contribution is 5.21. The van der Waals surface area contributed by atoms with Crippen molar-refractivity contribution >= 4 is 0 Å². The lowest BCUT2D eigenvalue weighted by atomic mass is 9.87. The zero-order chi connectivity index (χ0) is 15.4. The van der Waals surface area contributed by atoms with Crippen molar-refractivity contribution in [2.75, 3.05) is 6.54 Å². The molecule has 5 heteroatoms. The minimum absolute atomic E-state index is 0.0323. The molecule has 0 amide bonds. The number of hydrogen-bond acceptors (Lipinski definition) is 3. The van der Waals surface area contributed by atoms with Gasteiger partial charge in [-0.05, 0) is 57.8 Å². The molecule has 0 aromatic heterocycles. The number of ether oxygens (including phenoxy) is 2. The summed E-state index contributed by atoms with van der Waals surface area (Å²) in [5, 5.41) is 3.59. The smallest absolute Gasteiger partial charge is 0.255 e. The van der Waals surface area contributed by atoms with Crippen LogP contribution in [-0.4, -0.2) is 36.0 Å². The molecule has 1 saturated heterocycles. The molecule has 5 rings (SSSR count). The Morgan fingerprint density at radius 1 is 1.09 bits per heavy atom. The summed E-state index contributed by atoms with van der Waals surface area (Å²) >= 11 is 0. The molecule has 1 aliphatic heterocycles. The first-order valence-electron chi connectivity index (χ1n) is 8.76. The fourth-order valence-corrected chi connectivity index (χ4v) is 5.97. The zero-order valence-electron chi connectivity index (χ0n) is 13.3. The van der Waals surface area contributed by atoms with Crippen molar-refractivity contribution in [3.05, 3.63) is 0 Å². The van der Waals surface area contributed by atoms with Crippen LogP contribution in [0.15, 0.2) is 0 Å². The van der Waals surface area contributed by atoms with Crippen LogP contribution in [0.1, 0.15) is 52.4 Å². The fraction of sp³-hybridized carbons (Fsp3) is 1.00. The van der Waals surface area contributed by atoms with Crippen LogP contribution in [0.2, 0.25) is 0 Å². The van der Waals surface area contributed by atoms with Crippen LogP contribution >= 0.6 is 0 Å². The number of hydrogen-bond donors (Lipinski definition) is 1. The van der Waals surface area contributed by atoms with Crippen molar-refractivity contribution in [1.29, 1.82) is 0 Å². The first kappa shape index (κ1) is 14.1. The van der Waals surface area contributed by atoms with Crippen molar-refractivity contribution < 1.29 is 18.3 Å². The molecule has 124 valence electrons. The Kier molecular flexibility index (Phi) is 2.48. The van der Waals surface area contributed by atoms with Gasteiger partial charge < -0.3 is 14.8 Å². The highest BCUT2D eigenvalue weighted by Crippen LogP contribution is 2.70. The maximum atomic E-state index is 14.2. The summed E-state index contributed by atoms with van der Waals surface area (Å²) < 4.78 is 40.7. The molecular weight excluding hydrogens is 288 g/mol. The zero-order valence-corrected chi connectivity index (χ0v) is 13.3. The Hall–Kier alpha value is -0.260. The van der Waals surface area contributed by atoms with E-state index in [0.29, 0.717) is 25.3 Å². The van der Waals surface area contributed by atoms with Crippen LogP contribution in [0.3, 0.4) is 0 Å². The van der Waals surface area contributed by atoms with E-state index in [4.69, 9.17) is 9.47 Å². The van der Waals surface area contributed by atoms with Gasteiger partial charge in [-0.1, -0.05) is 0 Å². The van der Waals surface area contributed by atoms with Gasteiger partial charge in [-0.2, -0.15) is 0 Å². The lowest BCUT2D eigenvalue weighted by Gasteiger charge is -2.37. The van der Waals surface area contributed by atoms with Gasteiger partial charge in [-0.25, -0.2) is 8.78 Å². The molecule has 1 heterocycles. The Bertz CT molecular complexity index is 525. The van der Waals surface area contributed by atoms with E-state index in [2.05, 4.69) is 5.32 Å². The van der Waals surface area contributed by atoms with Crippen molar-refractivity contribution in [2.45, 2.75) is 81.8 Å². The lowest BCUT2D eigenvalue weighted by Crippen LogP contribution is -2.56. The SMILES string of the molecule is CC1(C)O[C@@H]2[C@H]3CC[C@](NCC45CC4CCC5(F)F)(C3)[C@@H]2O1. The molecule has 3 nitrogen and oxygen atoms in total. The Labute approximate surface area is 130 Å². The summed E-state index contributed by atoms with van der Waals surface area (Å²) in [6.07, 6.45) is 4.83. The molecule has 1 N–H and O–H groups in total. The second-order valence-electron chi connectivity index (χ2n) is 8.83. The maximum absolute atomic E-state index is 14.2. The van der Waals surface area contributed by atoms with E-state index in [-0.39, 0.29) is 30.1 Å². The summed E-state index contributed by atoms with van der Waals surface area (Å²) in [6.45, 7) is 4.36. The van der Waals surface area contributed by atoms with Gasteiger partial charge in [0, 0.05) is 23.9 Å². The van der Waals surface area contributed by atoms with E-state index in [0.717, 1.165) is 19.3 Å². The van der Waals surface area contributed by atoms with Crippen LogP contribution in [-0.2, 0) is 9.47 Å². The van der Waals surface area contributed by atoms with Gasteiger partial charge in [0.1, 0.15) is 6.10 Å². The molecule has 0 radical (unpaired) electrons. The monoisotopic (exact) mass is 313 g/mol. The van der Waals surface area contributed by atoms with Crippen LogP contribution in [0.4, 0.5) is 8.78 Å². The summed E-state index contributed by atoms with van der Waals surface area (Å²) in [4.78, 5) is 0. The molecule has 0 aromatic carbocycles. The molecule has 5 aliphatic rings. The van der Waals surface area contributed by atoms with E-state index in [1.54, 1.807) is 0 Å². The van der Waals surface area contributed by atoms with Gasteiger partial charge >= 0.3 is 0 Å². The number of nitrogens with one attached hydrogen (secondary N) is 1. The highest BCUT2D eigenvalue weighted by Gasteiger charge is 2.73. The van der Waals surface area contributed by atoms with Crippen LogP contribution < -0.4 is 5.32 Å².